The summed E-state index contributed by atoms with van der Waals surface area (Å²) in [7, 11) is -3.35. The molecule has 112 valence electrons. The first-order valence-corrected chi connectivity index (χ1v) is 9.09. The minimum Gasteiger partial charge on any atom is -0.392 e. The fourth-order valence-corrected chi connectivity index (χ4v) is 5.20. The Labute approximate surface area is 129 Å². The van der Waals surface area contributed by atoms with Crippen LogP contribution in [-0.2, 0) is 10.0 Å². The van der Waals surface area contributed by atoms with E-state index >= 15 is 0 Å². The summed E-state index contributed by atoms with van der Waals surface area (Å²) in [5, 5.41) is 0. The van der Waals surface area contributed by atoms with Crippen molar-refractivity contribution in [3.05, 3.63) is 17.0 Å². The number of nitrogens with two attached hydrogens (primary N) is 1. The lowest BCUT2D eigenvalue weighted by atomic mass is 10.2. The number of hydrogen-bond acceptors (Lipinski definition) is 5. The van der Waals surface area contributed by atoms with Gasteiger partial charge in [-0.15, -0.1) is 11.3 Å². The molecule has 2 heterocycles. The van der Waals surface area contributed by atoms with Gasteiger partial charge in [-0.05, 0) is 26.0 Å². The monoisotopic (exact) mass is 333 g/mol. The molecule has 1 atom stereocenters. The molecule has 0 saturated carbocycles. The lowest BCUT2D eigenvalue weighted by Gasteiger charge is -2.36. The van der Waals surface area contributed by atoms with Crippen LogP contribution in [0.15, 0.2) is 16.3 Å². The molecule has 1 unspecified atom stereocenters. The van der Waals surface area contributed by atoms with E-state index in [1.165, 1.54) is 11.3 Å². The minimum absolute atomic E-state index is 0.0128. The molecule has 0 spiro atoms. The minimum atomic E-state index is -3.35. The Morgan fingerprint density at radius 1 is 1.35 bits per heavy atom. The number of thiophene rings is 1. The number of hydrogen-bond donors (Lipinski definition) is 1. The lowest BCUT2D eigenvalue weighted by molar-refractivity contribution is 0.175. The van der Waals surface area contributed by atoms with Crippen molar-refractivity contribution in [3.8, 4) is 0 Å². The van der Waals surface area contributed by atoms with Gasteiger partial charge in [0, 0.05) is 31.1 Å². The van der Waals surface area contributed by atoms with E-state index in [4.69, 9.17) is 18.0 Å². The van der Waals surface area contributed by atoms with Crippen LogP contribution < -0.4 is 5.73 Å². The van der Waals surface area contributed by atoms with Gasteiger partial charge in [0.2, 0.25) is 0 Å². The maximum absolute atomic E-state index is 12.5. The molecule has 0 aliphatic carbocycles. The predicted octanol–water partition coefficient (Wildman–Crippen LogP) is 1.04. The second-order valence-corrected chi connectivity index (χ2v) is 8.81. The van der Waals surface area contributed by atoms with Crippen molar-refractivity contribution in [2.24, 2.45) is 5.73 Å². The molecule has 1 fully saturated rings. The first kappa shape index (κ1) is 15.8. The van der Waals surface area contributed by atoms with Crippen LogP contribution in [0.3, 0.4) is 0 Å². The summed E-state index contributed by atoms with van der Waals surface area (Å²) in [6, 6.07) is 3.53. The van der Waals surface area contributed by atoms with E-state index in [1.807, 2.05) is 19.9 Å². The Hall–Kier alpha value is -0.540. The number of rotatable bonds is 4. The van der Waals surface area contributed by atoms with Crippen molar-refractivity contribution < 1.29 is 8.42 Å². The fraction of sp³-hybridized carbons (Fsp3) is 0.583. The van der Waals surface area contributed by atoms with E-state index in [1.54, 1.807) is 10.4 Å². The van der Waals surface area contributed by atoms with Crippen LogP contribution in [0.1, 0.15) is 11.8 Å². The standard InChI is InChI=1S/C12H19N3O2S3/c1-9-3-4-11(19-9)20(16,17)15-7-5-14(6-8-15)10(2)12(13)18/h3-4,10H,5-8H2,1-2H3,(H2,13,18). The number of aryl methyl sites for hydroxylation is 1. The van der Waals surface area contributed by atoms with Gasteiger partial charge in [-0.3, -0.25) is 4.90 Å². The second kappa shape index (κ2) is 6.07. The molecule has 1 saturated heterocycles. The molecule has 5 nitrogen and oxygen atoms in total. The third-order valence-electron chi connectivity index (χ3n) is 3.54. The molecule has 0 amide bonds. The fourth-order valence-electron chi connectivity index (χ4n) is 2.19. The van der Waals surface area contributed by atoms with E-state index < -0.39 is 10.0 Å². The van der Waals surface area contributed by atoms with Gasteiger partial charge < -0.3 is 5.73 Å². The number of piperazine rings is 1. The van der Waals surface area contributed by atoms with Crippen molar-refractivity contribution in [1.29, 1.82) is 0 Å². The first-order chi connectivity index (χ1) is 9.32. The average Bonchev–Trinajstić information content (AvgIpc) is 2.85. The second-order valence-electron chi connectivity index (χ2n) is 4.88. The van der Waals surface area contributed by atoms with E-state index in [2.05, 4.69) is 4.90 Å². The van der Waals surface area contributed by atoms with Gasteiger partial charge in [0.1, 0.15) is 4.21 Å². The third-order valence-corrected chi connectivity index (χ3v) is 7.25. The first-order valence-electron chi connectivity index (χ1n) is 6.42. The zero-order chi connectivity index (χ0) is 14.9. The van der Waals surface area contributed by atoms with Gasteiger partial charge in [0.25, 0.3) is 10.0 Å². The molecular formula is C12H19N3O2S3. The Bertz CT molecular complexity index is 589. The van der Waals surface area contributed by atoms with Crippen LogP contribution in [0.25, 0.3) is 0 Å². The van der Waals surface area contributed by atoms with E-state index in [-0.39, 0.29) is 6.04 Å². The van der Waals surface area contributed by atoms with Crippen LogP contribution in [0.4, 0.5) is 0 Å². The largest absolute Gasteiger partial charge is 0.392 e. The van der Waals surface area contributed by atoms with Crippen molar-refractivity contribution in [3.63, 3.8) is 0 Å². The van der Waals surface area contributed by atoms with Gasteiger partial charge in [0.15, 0.2) is 0 Å². The highest BCUT2D eigenvalue weighted by Gasteiger charge is 2.31. The normalized spacial score (nSPS) is 19.9. The average molecular weight is 334 g/mol. The maximum atomic E-state index is 12.5. The summed E-state index contributed by atoms with van der Waals surface area (Å²) in [4.78, 5) is 3.58. The molecule has 1 aromatic rings. The molecular weight excluding hydrogens is 314 g/mol. The molecule has 2 N–H and O–H groups in total. The van der Waals surface area contributed by atoms with Crippen LogP contribution in [0.2, 0.25) is 0 Å². The highest BCUT2D eigenvalue weighted by atomic mass is 32.2. The van der Waals surface area contributed by atoms with E-state index in [0.29, 0.717) is 35.4 Å². The van der Waals surface area contributed by atoms with E-state index in [9.17, 15) is 8.42 Å². The number of thiocarbonyl (C=S) groups is 1. The summed E-state index contributed by atoms with van der Waals surface area (Å²) >= 11 is 6.30. The highest BCUT2D eigenvalue weighted by Crippen LogP contribution is 2.25. The summed E-state index contributed by atoms with van der Waals surface area (Å²) in [6.45, 7) is 6.13. The van der Waals surface area contributed by atoms with Gasteiger partial charge in [0.05, 0.1) is 11.0 Å². The molecule has 2 rings (SSSR count). The Morgan fingerprint density at radius 3 is 2.40 bits per heavy atom. The lowest BCUT2D eigenvalue weighted by Crippen LogP contribution is -2.53. The summed E-state index contributed by atoms with van der Waals surface area (Å²) in [5.74, 6) is 0. The molecule has 1 aliphatic rings. The Balaban J connectivity index is 2.05. The number of nitrogens with zero attached hydrogens (tertiary/aromatic N) is 2. The summed E-state index contributed by atoms with van der Waals surface area (Å²) < 4.78 is 26.9. The zero-order valence-corrected chi connectivity index (χ0v) is 14.0. The molecule has 1 aliphatic heterocycles. The van der Waals surface area contributed by atoms with Crippen LogP contribution in [-0.4, -0.2) is 54.8 Å². The smallest absolute Gasteiger partial charge is 0.252 e. The van der Waals surface area contributed by atoms with Gasteiger partial charge in [-0.1, -0.05) is 12.2 Å². The molecule has 1 aromatic heterocycles. The molecule has 0 bridgehead atoms. The Morgan fingerprint density at radius 2 is 1.95 bits per heavy atom. The third kappa shape index (κ3) is 3.20. The number of sulfonamides is 1. The van der Waals surface area contributed by atoms with Crippen molar-refractivity contribution in [1.82, 2.24) is 9.21 Å². The maximum Gasteiger partial charge on any atom is 0.252 e. The SMILES string of the molecule is Cc1ccc(S(=O)(=O)N2CCN(C(C)C(N)=S)CC2)s1. The van der Waals surface area contributed by atoms with Gasteiger partial charge in [-0.25, -0.2) is 8.42 Å². The summed E-state index contributed by atoms with van der Waals surface area (Å²) in [5.41, 5.74) is 5.64. The van der Waals surface area contributed by atoms with Crippen LogP contribution in [0.5, 0.6) is 0 Å². The van der Waals surface area contributed by atoms with Crippen molar-refractivity contribution in [2.75, 3.05) is 26.2 Å². The highest BCUT2D eigenvalue weighted by molar-refractivity contribution is 7.91. The van der Waals surface area contributed by atoms with Crippen LogP contribution in [0, 0.1) is 6.92 Å². The van der Waals surface area contributed by atoms with E-state index in [0.717, 1.165) is 4.88 Å². The molecule has 20 heavy (non-hydrogen) atoms. The Kier molecular flexibility index (Phi) is 4.80. The molecule has 0 aromatic carbocycles. The molecule has 8 heteroatoms. The molecule has 0 radical (unpaired) electrons. The quantitative estimate of drug-likeness (QED) is 0.834. The zero-order valence-electron chi connectivity index (χ0n) is 11.6. The predicted molar refractivity (Wildman–Crippen MR) is 85.6 cm³/mol. The topological polar surface area (TPSA) is 66.6 Å². The van der Waals surface area contributed by atoms with Crippen molar-refractivity contribution >= 4 is 38.6 Å². The van der Waals surface area contributed by atoms with Gasteiger partial charge >= 0.3 is 0 Å². The van der Waals surface area contributed by atoms with Crippen molar-refractivity contribution in [2.45, 2.75) is 24.1 Å². The summed E-state index contributed by atoms with van der Waals surface area (Å²) in [6.07, 6.45) is 0. The van der Waals surface area contributed by atoms with Gasteiger partial charge in [-0.2, -0.15) is 4.31 Å². The van der Waals surface area contributed by atoms with Crippen LogP contribution >= 0.6 is 23.6 Å².